The first-order chi connectivity index (χ1) is 17.7. The highest BCUT2D eigenvalue weighted by atomic mass is 19.4. The summed E-state index contributed by atoms with van der Waals surface area (Å²) in [6.07, 6.45) is -4.86. The van der Waals surface area contributed by atoms with Crippen LogP contribution in [0.5, 0.6) is 5.88 Å². The van der Waals surface area contributed by atoms with E-state index in [1.54, 1.807) is 32.6 Å². The standard InChI is InChI=1S/C25H29F4N3O6/c1-5-36-22(34)19-13-21(37-16-8-10-31(11-9-16)23(35)38-24(2,3)4)30-32(19)14-20(33)15-6-7-18(26)17(12-15)25(27,28)29/h6-7,12-13,16H,5,8-11,14H2,1-4H3. The molecule has 1 aromatic carbocycles. The van der Waals surface area contributed by atoms with Gasteiger partial charge in [-0.3, -0.25) is 4.79 Å². The zero-order chi connectivity index (χ0) is 28.3. The van der Waals surface area contributed by atoms with E-state index in [-0.39, 0.29) is 24.3 Å². The van der Waals surface area contributed by atoms with Crippen molar-refractivity contribution in [1.82, 2.24) is 14.7 Å². The summed E-state index contributed by atoms with van der Waals surface area (Å²) in [6.45, 7) is 7.06. The topological polar surface area (TPSA) is 100.0 Å². The average molecular weight is 544 g/mol. The van der Waals surface area contributed by atoms with Crippen molar-refractivity contribution in [2.45, 2.75) is 65.0 Å². The minimum Gasteiger partial charge on any atom is -0.473 e. The summed E-state index contributed by atoms with van der Waals surface area (Å²) in [5.41, 5.74) is -2.74. The molecule has 0 N–H and O–H groups in total. The van der Waals surface area contributed by atoms with Crippen molar-refractivity contribution in [3.63, 3.8) is 0 Å². The fourth-order valence-electron chi connectivity index (χ4n) is 3.74. The molecule has 3 rings (SSSR count). The van der Waals surface area contributed by atoms with Crippen LogP contribution in [-0.2, 0) is 22.2 Å². The maximum absolute atomic E-state index is 13.6. The van der Waals surface area contributed by atoms with Gasteiger partial charge in [-0.2, -0.15) is 13.2 Å². The lowest BCUT2D eigenvalue weighted by molar-refractivity contribution is -0.140. The van der Waals surface area contributed by atoms with Gasteiger partial charge < -0.3 is 19.1 Å². The number of likely N-dealkylation sites (tertiary alicyclic amines) is 1. The summed E-state index contributed by atoms with van der Waals surface area (Å²) in [6, 6.07) is 3.18. The van der Waals surface area contributed by atoms with Gasteiger partial charge in [0.2, 0.25) is 5.88 Å². The summed E-state index contributed by atoms with van der Waals surface area (Å²) in [5, 5.41) is 4.14. The minimum absolute atomic E-state index is 0.00616. The molecule has 208 valence electrons. The molecule has 1 aliphatic heterocycles. The third-order valence-electron chi connectivity index (χ3n) is 5.51. The van der Waals surface area contributed by atoms with Gasteiger partial charge in [0.1, 0.15) is 24.1 Å². The van der Waals surface area contributed by atoms with Crippen molar-refractivity contribution in [3.05, 3.63) is 46.9 Å². The number of piperidine rings is 1. The largest absolute Gasteiger partial charge is 0.473 e. The smallest absolute Gasteiger partial charge is 0.419 e. The number of esters is 1. The molecular formula is C25H29F4N3O6. The summed E-state index contributed by atoms with van der Waals surface area (Å²) in [5.74, 6) is -3.14. The first-order valence-corrected chi connectivity index (χ1v) is 12.0. The maximum Gasteiger partial charge on any atom is 0.419 e. The zero-order valence-electron chi connectivity index (χ0n) is 21.4. The molecule has 1 amide bonds. The van der Waals surface area contributed by atoms with E-state index in [4.69, 9.17) is 14.2 Å². The van der Waals surface area contributed by atoms with Gasteiger partial charge in [0.05, 0.1) is 12.2 Å². The van der Waals surface area contributed by atoms with E-state index < -0.39 is 53.1 Å². The van der Waals surface area contributed by atoms with Crippen LogP contribution in [0.25, 0.3) is 0 Å². The van der Waals surface area contributed by atoms with Gasteiger partial charge in [-0.05, 0) is 45.9 Å². The predicted molar refractivity (Wildman–Crippen MR) is 125 cm³/mol. The molecule has 0 bridgehead atoms. The summed E-state index contributed by atoms with van der Waals surface area (Å²) in [4.78, 5) is 39.0. The second-order valence-electron chi connectivity index (χ2n) is 9.65. The van der Waals surface area contributed by atoms with Gasteiger partial charge in [-0.15, -0.1) is 5.10 Å². The first-order valence-electron chi connectivity index (χ1n) is 12.0. The quantitative estimate of drug-likeness (QED) is 0.279. The van der Waals surface area contributed by atoms with Crippen LogP contribution in [-0.4, -0.2) is 63.9 Å². The number of benzene rings is 1. The Balaban J connectivity index is 1.73. The molecule has 38 heavy (non-hydrogen) atoms. The molecule has 0 atom stereocenters. The summed E-state index contributed by atoms with van der Waals surface area (Å²) < 4.78 is 70.0. The van der Waals surface area contributed by atoms with E-state index in [0.717, 1.165) is 10.7 Å². The van der Waals surface area contributed by atoms with E-state index in [0.29, 0.717) is 38.1 Å². The van der Waals surface area contributed by atoms with Crippen molar-refractivity contribution >= 4 is 17.8 Å². The number of rotatable bonds is 7. The molecule has 2 aromatic rings. The van der Waals surface area contributed by atoms with Crippen molar-refractivity contribution in [2.24, 2.45) is 0 Å². The van der Waals surface area contributed by atoms with Crippen LogP contribution >= 0.6 is 0 Å². The van der Waals surface area contributed by atoms with E-state index in [1.165, 1.54) is 6.07 Å². The molecule has 0 unspecified atom stereocenters. The fourth-order valence-corrected chi connectivity index (χ4v) is 3.74. The fraction of sp³-hybridized carbons (Fsp3) is 0.520. The molecular weight excluding hydrogens is 514 g/mol. The number of hydrogen-bond acceptors (Lipinski definition) is 7. The monoisotopic (exact) mass is 543 g/mol. The average Bonchev–Trinajstić information content (AvgIpc) is 3.20. The molecule has 1 aromatic heterocycles. The van der Waals surface area contributed by atoms with Crippen LogP contribution in [0.4, 0.5) is 22.4 Å². The number of amides is 1. The van der Waals surface area contributed by atoms with Crippen molar-refractivity contribution in [3.8, 4) is 5.88 Å². The first kappa shape index (κ1) is 28.9. The molecule has 1 saturated heterocycles. The van der Waals surface area contributed by atoms with Gasteiger partial charge in [0.15, 0.2) is 11.5 Å². The predicted octanol–water partition coefficient (Wildman–Crippen LogP) is 4.88. The molecule has 0 aliphatic carbocycles. The number of carbonyl (C=O) groups excluding carboxylic acids is 3. The van der Waals surface area contributed by atoms with Gasteiger partial charge in [-0.25, -0.2) is 18.7 Å². The minimum atomic E-state index is -4.98. The van der Waals surface area contributed by atoms with Gasteiger partial charge in [-0.1, -0.05) is 0 Å². The number of alkyl halides is 3. The number of nitrogens with zero attached hydrogens (tertiary/aromatic N) is 3. The van der Waals surface area contributed by atoms with Crippen LogP contribution in [0, 0.1) is 5.82 Å². The van der Waals surface area contributed by atoms with Crippen LogP contribution < -0.4 is 4.74 Å². The van der Waals surface area contributed by atoms with Gasteiger partial charge in [0.25, 0.3) is 0 Å². The Morgan fingerprint density at radius 3 is 2.32 bits per heavy atom. The van der Waals surface area contributed by atoms with E-state index in [9.17, 15) is 31.9 Å². The molecule has 9 nitrogen and oxygen atoms in total. The second kappa shape index (κ2) is 11.4. The van der Waals surface area contributed by atoms with Crippen molar-refractivity contribution in [2.75, 3.05) is 19.7 Å². The SMILES string of the molecule is CCOC(=O)c1cc(OC2CCN(C(=O)OC(C)(C)C)CC2)nn1CC(=O)c1ccc(F)c(C(F)(F)F)c1. The Hall–Kier alpha value is -3.64. The number of Topliss-reactive ketones (excluding diaryl/α,β-unsaturated/α-hetero) is 1. The molecule has 0 saturated carbocycles. The van der Waals surface area contributed by atoms with Crippen LogP contribution in [0.1, 0.15) is 66.9 Å². The van der Waals surface area contributed by atoms with Crippen LogP contribution in [0.2, 0.25) is 0 Å². The highest BCUT2D eigenvalue weighted by Gasteiger charge is 2.35. The molecule has 1 aliphatic rings. The molecule has 13 heteroatoms. The highest BCUT2D eigenvalue weighted by Crippen LogP contribution is 2.32. The summed E-state index contributed by atoms with van der Waals surface area (Å²) >= 11 is 0. The molecule has 1 fully saturated rings. The van der Waals surface area contributed by atoms with Gasteiger partial charge in [0, 0.05) is 37.6 Å². The summed E-state index contributed by atoms with van der Waals surface area (Å²) in [7, 11) is 0. The van der Waals surface area contributed by atoms with E-state index in [2.05, 4.69) is 5.10 Å². The maximum atomic E-state index is 13.6. The number of hydrogen-bond donors (Lipinski definition) is 0. The lowest BCUT2D eigenvalue weighted by Crippen LogP contribution is -2.44. The number of halogens is 4. The van der Waals surface area contributed by atoms with Gasteiger partial charge >= 0.3 is 18.2 Å². The lowest BCUT2D eigenvalue weighted by Gasteiger charge is -2.33. The van der Waals surface area contributed by atoms with Crippen molar-refractivity contribution < 1.29 is 46.2 Å². The molecule has 0 radical (unpaired) electrons. The lowest BCUT2D eigenvalue weighted by atomic mass is 10.1. The Morgan fingerprint density at radius 2 is 1.74 bits per heavy atom. The number of carbonyl (C=O) groups is 3. The number of ether oxygens (including phenoxy) is 3. The third-order valence-corrected chi connectivity index (χ3v) is 5.51. The molecule has 2 heterocycles. The van der Waals surface area contributed by atoms with E-state index in [1.807, 2.05) is 0 Å². The number of aromatic nitrogens is 2. The third kappa shape index (κ3) is 7.45. The highest BCUT2D eigenvalue weighted by molar-refractivity contribution is 5.97. The molecule has 0 spiro atoms. The Bertz CT molecular complexity index is 1180. The van der Waals surface area contributed by atoms with Crippen LogP contribution in [0.15, 0.2) is 24.3 Å². The van der Waals surface area contributed by atoms with Crippen molar-refractivity contribution in [1.29, 1.82) is 0 Å². The zero-order valence-corrected chi connectivity index (χ0v) is 21.4. The van der Waals surface area contributed by atoms with Crippen LogP contribution in [0.3, 0.4) is 0 Å². The second-order valence-corrected chi connectivity index (χ2v) is 9.65. The Morgan fingerprint density at radius 1 is 1.08 bits per heavy atom. The normalized spacial score (nSPS) is 14.8. The number of ketones is 1. The Labute approximate surface area is 216 Å². The Kier molecular flexibility index (Phi) is 8.68. The van der Waals surface area contributed by atoms with E-state index >= 15 is 0 Å².